The second-order valence-corrected chi connectivity index (χ2v) is 6.04. The van der Waals surface area contributed by atoms with Crippen molar-refractivity contribution in [1.29, 1.82) is 0 Å². The molecule has 0 aliphatic rings. The number of anilines is 1. The average Bonchev–Trinajstić information content (AvgIpc) is 2.49. The fourth-order valence-electron chi connectivity index (χ4n) is 1.68. The first-order chi connectivity index (χ1) is 11.4. The highest BCUT2D eigenvalue weighted by Crippen LogP contribution is 2.19. The SMILES string of the molecule is CC(C)(C)OC(=O)NCCOCCOCCOc1ccccc1N. The van der Waals surface area contributed by atoms with Crippen LogP contribution in [0.25, 0.3) is 0 Å². The van der Waals surface area contributed by atoms with E-state index in [1.165, 1.54) is 0 Å². The molecule has 136 valence electrons. The molecule has 1 rings (SSSR count). The van der Waals surface area contributed by atoms with Crippen LogP contribution in [0, 0.1) is 0 Å². The van der Waals surface area contributed by atoms with Crippen molar-refractivity contribution < 1.29 is 23.7 Å². The zero-order chi connectivity index (χ0) is 17.8. The van der Waals surface area contributed by atoms with Gasteiger partial charge in [0.1, 0.15) is 18.0 Å². The number of nitrogens with one attached hydrogen (secondary N) is 1. The molecular formula is C17H28N2O5. The second kappa shape index (κ2) is 10.7. The first-order valence-corrected chi connectivity index (χ1v) is 7.98. The van der Waals surface area contributed by atoms with E-state index < -0.39 is 11.7 Å². The summed E-state index contributed by atoms with van der Waals surface area (Å²) in [6, 6.07) is 7.32. The van der Waals surface area contributed by atoms with Crippen LogP contribution in [0.2, 0.25) is 0 Å². The minimum absolute atomic E-state index is 0.394. The summed E-state index contributed by atoms with van der Waals surface area (Å²) >= 11 is 0. The van der Waals surface area contributed by atoms with Gasteiger partial charge < -0.3 is 30.0 Å². The second-order valence-electron chi connectivity index (χ2n) is 6.04. The Kier molecular flexibility index (Phi) is 8.96. The van der Waals surface area contributed by atoms with Crippen molar-refractivity contribution in [1.82, 2.24) is 5.32 Å². The number of benzene rings is 1. The zero-order valence-electron chi connectivity index (χ0n) is 14.7. The Bertz CT molecular complexity index is 488. The number of hydrogen-bond acceptors (Lipinski definition) is 6. The van der Waals surface area contributed by atoms with Crippen LogP contribution < -0.4 is 15.8 Å². The third-order valence-electron chi connectivity index (χ3n) is 2.69. The van der Waals surface area contributed by atoms with E-state index in [1.54, 1.807) is 6.07 Å². The minimum Gasteiger partial charge on any atom is -0.489 e. The van der Waals surface area contributed by atoms with E-state index in [1.807, 2.05) is 39.0 Å². The largest absolute Gasteiger partial charge is 0.489 e. The van der Waals surface area contributed by atoms with Gasteiger partial charge in [-0.2, -0.15) is 0 Å². The normalized spacial score (nSPS) is 11.1. The molecular weight excluding hydrogens is 312 g/mol. The van der Waals surface area contributed by atoms with Gasteiger partial charge in [-0.25, -0.2) is 4.79 Å². The van der Waals surface area contributed by atoms with Crippen molar-refractivity contribution in [3.8, 4) is 5.75 Å². The zero-order valence-corrected chi connectivity index (χ0v) is 14.7. The van der Waals surface area contributed by atoms with Crippen molar-refractivity contribution >= 4 is 11.8 Å². The lowest BCUT2D eigenvalue weighted by molar-refractivity contribution is 0.0328. The van der Waals surface area contributed by atoms with Crippen molar-refractivity contribution in [2.24, 2.45) is 0 Å². The van der Waals surface area contributed by atoms with Gasteiger partial charge in [-0.3, -0.25) is 0 Å². The van der Waals surface area contributed by atoms with Gasteiger partial charge in [0.15, 0.2) is 0 Å². The molecule has 1 amide bonds. The van der Waals surface area contributed by atoms with Crippen molar-refractivity contribution in [2.45, 2.75) is 26.4 Å². The highest BCUT2D eigenvalue weighted by molar-refractivity contribution is 5.67. The molecule has 1 aromatic rings. The Balaban J connectivity index is 1.91. The number of ether oxygens (including phenoxy) is 4. The molecule has 1 aromatic carbocycles. The van der Waals surface area contributed by atoms with Gasteiger partial charge in [-0.05, 0) is 32.9 Å². The van der Waals surface area contributed by atoms with Gasteiger partial charge in [0.05, 0.1) is 32.1 Å². The van der Waals surface area contributed by atoms with E-state index >= 15 is 0 Å². The molecule has 3 N–H and O–H groups in total. The first-order valence-electron chi connectivity index (χ1n) is 7.98. The molecule has 0 aliphatic heterocycles. The molecule has 7 heteroatoms. The Hall–Kier alpha value is -1.99. The van der Waals surface area contributed by atoms with E-state index in [0.717, 1.165) is 0 Å². The Morgan fingerprint density at radius 1 is 1.04 bits per heavy atom. The fourth-order valence-corrected chi connectivity index (χ4v) is 1.68. The number of carbonyl (C=O) groups excluding carboxylic acids is 1. The highest BCUT2D eigenvalue weighted by Gasteiger charge is 2.15. The van der Waals surface area contributed by atoms with Gasteiger partial charge in [-0.1, -0.05) is 12.1 Å². The molecule has 0 saturated carbocycles. The summed E-state index contributed by atoms with van der Waals surface area (Å²) in [7, 11) is 0. The van der Waals surface area contributed by atoms with Gasteiger partial charge >= 0.3 is 6.09 Å². The topological polar surface area (TPSA) is 92.0 Å². The Labute approximate surface area is 143 Å². The standard InChI is InChI=1S/C17H28N2O5/c1-17(2,3)24-16(20)19-8-9-21-10-11-22-12-13-23-15-7-5-4-6-14(15)18/h4-7H,8-13,18H2,1-3H3,(H,19,20). The van der Waals surface area contributed by atoms with Crippen LogP contribution in [0.4, 0.5) is 10.5 Å². The molecule has 0 radical (unpaired) electrons. The maximum atomic E-state index is 11.4. The third-order valence-corrected chi connectivity index (χ3v) is 2.69. The first kappa shape index (κ1) is 20.1. The molecule has 0 bridgehead atoms. The number of nitrogen functional groups attached to an aromatic ring is 1. The van der Waals surface area contributed by atoms with Crippen LogP contribution in [0.15, 0.2) is 24.3 Å². The number of para-hydroxylation sites is 2. The molecule has 24 heavy (non-hydrogen) atoms. The maximum Gasteiger partial charge on any atom is 0.407 e. The summed E-state index contributed by atoms with van der Waals surface area (Å²) in [5.74, 6) is 0.658. The predicted molar refractivity (Wildman–Crippen MR) is 92.2 cm³/mol. The van der Waals surface area contributed by atoms with E-state index in [9.17, 15) is 4.79 Å². The number of rotatable bonds is 10. The number of carbonyl (C=O) groups is 1. The number of nitrogens with two attached hydrogens (primary N) is 1. The Morgan fingerprint density at radius 3 is 2.33 bits per heavy atom. The minimum atomic E-state index is -0.495. The monoisotopic (exact) mass is 340 g/mol. The van der Waals surface area contributed by atoms with Crippen molar-refractivity contribution in [3.63, 3.8) is 0 Å². The van der Waals surface area contributed by atoms with Gasteiger partial charge in [0.25, 0.3) is 0 Å². The lowest BCUT2D eigenvalue weighted by atomic mass is 10.2. The summed E-state index contributed by atoms with van der Waals surface area (Å²) in [4.78, 5) is 11.4. The number of hydrogen-bond donors (Lipinski definition) is 2. The summed E-state index contributed by atoms with van der Waals surface area (Å²) in [5.41, 5.74) is 5.87. The van der Waals surface area contributed by atoms with Crippen LogP contribution in [-0.4, -0.2) is 51.3 Å². The molecule has 0 aromatic heterocycles. The smallest absolute Gasteiger partial charge is 0.407 e. The highest BCUT2D eigenvalue weighted by atomic mass is 16.6. The fraction of sp³-hybridized carbons (Fsp3) is 0.588. The average molecular weight is 340 g/mol. The van der Waals surface area contributed by atoms with Crippen LogP contribution in [0.5, 0.6) is 5.75 Å². The molecule has 0 saturated heterocycles. The molecule has 0 atom stereocenters. The van der Waals surface area contributed by atoms with E-state index in [2.05, 4.69) is 5.32 Å². The predicted octanol–water partition coefficient (Wildman–Crippen LogP) is 2.21. The molecule has 0 spiro atoms. The van der Waals surface area contributed by atoms with Gasteiger partial charge in [-0.15, -0.1) is 0 Å². The Morgan fingerprint density at radius 2 is 1.67 bits per heavy atom. The van der Waals surface area contributed by atoms with Crippen LogP contribution in [0.3, 0.4) is 0 Å². The van der Waals surface area contributed by atoms with E-state index in [-0.39, 0.29) is 0 Å². The summed E-state index contributed by atoms with van der Waals surface area (Å²) < 4.78 is 21.3. The summed E-state index contributed by atoms with van der Waals surface area (Å²) in [6.07, 6.45) is -0.445. The maximum absolute atomic E-state index is 11.4. The van der Waals surface area contributed by atoms with E-state index in [0.29, 0.717) is 51.0 Å². The molecule has 0 fully saturated rings. The van der Waals surface area contributed by atoms with Gasteiger partial charge in [0, 0.05) is 6.54 Å². The molecule has 0 heterocycles. The van der Waals surface area contributed by atoms with Crippen molar-refractivity contribution in [2.75, 3.05) is 45.3 Å². The van der Waals surface area contributed by atoms with Crippen LogP contribution in [-0.2, 0) is 14.2 Å². The van der Waals surface area contributed by atoms with E-state index in [4.69, 9.17) is 24.7 Å². The molecule has 0 aliphatic carbocycles. The van der Waals surface area contributed by atoms with Gasteiger partial charge in [0.2, 0.25) is 0 Å². The third kappa shape index (κ3) is 9.91. The quantitative estimate of drug-likeness (QED) is 0.501. The summed E-state index contributed by atoms with van der Waals surface area (Å²) in [6.45, 7) is 8.03. The molecule has 7 nitrogen and oxygen atoms in total. The van der Waals surface area contributed by atoms with Crippen molar-refractivity contribution in [3.05, 3.63) is 24.3 Å². The lowest BCUT2D eigenvalue weighted by Gasteiger charge is -2.19. The number of alkyl carbamates (subject to hydrolysis) is 1. The number of amides is 1. The molecule has 0 unspecified atom stereocenters. The van der Waals surface area contributed by atoms with Crippen LogP contribution >= 0.6 is 0 Å². The van der Waals surface area contributed by atoms with Crippen LogP contribution in [0.1, 0.15) is 20.8 Å². The lowest BCUT2D eigenvalue weighted by Crippen LogP contribution is -2.34. The summed E-state index contributed by atoms with van der Waals surface area (Å²) in [5, 5.41) is 2.62.